The molecule has 0 saturated carbocycles. The highest BCUT2D eigenvalue weighted by atomic mass is 35.5. The highest BCUT2D eigenvalue weighted by Gasteiger charge is 2.05. The van der Waals surface area contributed by atoms with Crippen LogP contribution >= 0.6 is 23.4 Å². The Morgan fingerprint density at radius 3 is 2.88 bits per heavy atom. The van der Waals surface area contributed by atoms with Crippen molar-refractivity contribution in [1.29, 1.82) is 0 Å². The Hall–Kier alpha value is -1.98. The van der Waals surface area contributed by atoms with Gasteiger partial charge in [0, 0.05) is 42.4 Å². The number of hydrogen-bond acceptors (Lipinski definition) is 3. The topological polar surface area (TPSA) is 46.4 Å². The van der Waals surface area contributed by atoms with Gasteiger partial charge in [-0.2, -0.15) is 0 Å². The first-order chi connectivity index (χ1) is 11.7. The SMILES string of the molecule is O=C(CCSc1ccccc1Cl)NCCc1cn2ccccc2n1. The number of nitrogens with one attached hydrogen (secondary N) is 1. The molecule has 124 valence electrons. The molecule has 0 atom stereocenters. The van der Waals surface area contributed by atoms with E-state index in [2.05, 4.69) is 10.3 Å². The molecule has 0 spiro atoms. The fourth-order valence-corrected chi connectivity index (χ4v) is 3.53. The third kappa shape index (κ3) is 4.52. The summed E-state index contributed by atoms with van der Waals surface area (Å²) in [6.07, 6.45) is 5.16. The number of amides is 1. The molecule has 3 aromatic rings. The van der Waals surface area contributed by atoms with Crippen molar-refractivity contribution in [2.75, 3.05) is 12.3 Å². The lowest BCUT2D eigenvalue weighted by atomic mass is 10.3. The number of hydrogen-bond donors (Lipinski definition) is 1. The van der Waals surface area contributed by atoms with Crippen molar-refractivity contribution in [3.63, 3.8) is 0 Å². The van der Waals surface area contributed by atoms with E-state index < -0.39 is 0 Å². The van der Waals surface area contributed by atoms with Crippen molar-refractivity contribution in [2.24, 2.45) is 0 Å². The number of aromatic nitrogens is 2. The third-order valence-corrected chi connectivity index (χ3v) is 5.06. The number of fused-ring (bicyclic) bond motifs is 1. The molecule has 2 heterocycles. The van der Waals surface area contributed by atoms with E-state index in [-0.39, 0.29) is 5.91 Å². The number of carbonyl (C=O) groups is 1. The molecule has 2 aromatic heterocycles. The lowest BCUT2D eigenvalue weighted by molar-refractivity contribution is -0.120. The van der Waals surface area contributed by atoms with Gasteiger partial charge in [-0.1, -0.05) is 29.8 Å². The largest absolute Gasteiger partial charge is 0.356 e. The van der Waals surface area contributed by atoms with Gasteiger partial charge < -0.3 is 9.72 Å². The first kappa shape index (κ1) is 16.9. The van der Waals surface area contributed by atoms with Crippen molar-refractivity contribution in [1.82, 2.24) is 14.7 Å². The summed E-state index contributed by atoms with van der Waals surface area (Å²) in [5.41, 5.74) is 1.90. The van der Waals surface area contributed by atoms with E-state index in [1.54, 1.807) is 11.8 Å². The van der Waals surface area contributed by atoms with E-state index in [4.69, 9.17) is 11.6 Å². The van der Waals surface area contributed by atoms with Crippen LogP contribution in [0.1, 0.15) is 12.1 Å². The zero-order valence-electron chi connectivity index (χ0n) is 13.1. The summed E-state index contributed by atoms with van der Waals surface area (Å²) in [5.74, 6) is 0.766. The van der Waals surface area contributed by atoms with E-state index in [0.717, 1.165) is 27.7 Å². The number of thioether (sulfide) groups is 1. The number of benzene rings is 1. The normalized spacial score (nSPS) is 10.9. The molecule has 0 aliphatic heterocycles. The first-order valence-electron chi connectivity index (χ1n) is 7.79. The molecule has 0 unspecified atom stereocenters. The minimum Gasteiger partial charge on any atom is -0.356 e. The highest BCUT2D eigenvalue weighted by Crippen LogP contribution is 2.26. The molecular formula is C18H18ClN3OS. The quantitative estimate of drug-likeness (QED) is 0.652. The predicted molar refractivity (Wildman–Crippen MR) is 98.7 cm³/mol. The van der Waals surface area contributed by atoms with E-state index in [0.29, 0.717) is 18.7 Å². The fraction of sp³-hybridized carbons (Fsp3) is 0.222. The Labute approximate surface area is 150 Å². The molecule has 24 heavy (non-hydrogen) atoms. The molecule has 3 rings (SSSR count). The predicted octanol–water partition coefficient (Wildman–Crippen LogP) is 3.83. The molecule has 1 aromatic carbocycles. The van der Waals surface area contributed by atoms with Crippen LogP contribution in [0.15, 0.2) is 59.8 Å². The van der Waals surface area contributed by atoms with E-state index in [1.807, 2.05) is 59.3 Å². The second kappa shape index (κ2) is 8.22. The summed E-state index contributed by atoms with van der Waals surface area (Å²) in [5, 5.41) is 3.67. The van der Waals surface area contributed by atoms with E-state index in [9.17, 15) is 4.79 Å². The van der Waals surface area contributed by atoms with Gasteiger partial charge in [-0.05, 0) is 24.3 Å². The zero-order chi connectivity index (χ0) is 16.8. The van der Waals surface area contributed by atoms with Gasteiger partial charge in [0.1, 0.15) is 5.65 Å². The summed E-state index contributed by atoms with van der Waals surface area (Å²) in [4.78, 5) is 17.4. The minimum atomic E-state index is 0.0540. The van der Waals surface area contributed by atoms with Crippen LogP contribution in [0.25, 0.3) is 5.65 Å². The van der Waals surface area contributed by atoms with Crippen LogP contribution < -0.4 is 5.32 Å². The number of pyridine rings is 1. The monoisotopic (exact) mass is 359 g/mol. The highest BCUT2D eigenvalue weighted by molar-refractivity contribution is 7.99. The van der Waals surface area contributed by atoms with Crippen LogP contribution in [-0.2, 0) is 11.2 Å². The van der Waals surface area contributed by atoms with Crippen molar-refractivity contribution in [3.05, 3.63) is 65.6 Å². The van der Waals surface area contributed by atoms with Crippen molar-refractivity contribution >= 4 is 34.9 Å². The van der Waals surface area contributed by atoms with Crippen molar-refractivity contribution in [2.45, 2.75) is 17.7 Å². The van der Waals surface area contributed by atoms with Crippen LogP contribution in [0.2, 0.25) is 5.02 Å². The van der Waals surface area contributed by atoms with Gasteiger partial charge in [-0.15, -0.1) is 11.8 Å². The second-order valence-corrected chi connectivity index (χ2v) is 6.87. The molecule has 0 aliphatic rings. The van der Waals surface area contributed by atoms with Gasteiger partial charge in [0.05, 0.1) is 10.7 Å². The molecule has 0 bridgehead atoms. The molecule has 0 aliphatic carbocycles. The molecule has 0 fully saturated rings. The summed E-state index contributed by atoms with van der Waals surface area (Å²) < 4.78 is 1.98. The van der Waals surface area contributed by atoms with Gasteiger partial charge in [-0.3, -0.25) is 4.79 Å². The Morgan fingerprint density at radius 2 is 2.04 bits per heavy atom. The number of halogens is 1. The third-order valence-electron chi connectivity index (χ3n) is 3.54. The van der Waals surface area contributed by atoms with Crippen LogP contribution in [0.4, 0.5) is 0 Å². The zero-order valence-corrected chi connectivity index (χ0v) is 14.7. The Bertz CT molecular complexity index is 801. The van der Waals surface area contributed by atoms with Gasteiger partial charge in [-0.25, -0.2) is 4.98 Å². The maximum Gasteiger partial charge on any atom is 0.220 e. The van der Waals surface area contributed by atoms with Gasteiger partial charge in [0.2, 0.25) is 5.91 Å². The van der Waals surface area contributed by atoms with Gasteiger partial charge in [0.25, 0.3) is 0 Å². The van der Waals surface area contributed by atoms with Crippen LogP contribution in [0.3, 0.4) is 0 Å². The van der Waals surface area contributed by atoms with Gasteiger partial charge in [0.15, 0.2) is 0 Å². The molecule has 1 amide bonds. The molecule has 6 heteroatoms. The van der Waals surface area contributed by atoms with Crippen LogP contribution in [0, 0.1) is 0 Å². The lowest BCUT2D eigenvalue weighted by Gasteiger charge is -2.05. The smallest absolute Gasteiger partial charge is 0.220 e. The summed E-state index contributed by atoms with van der Waals surface area (Å²) in [7, 11) is 0. The van der Waals surface area contributed by atoms with Crippen LogP contribution in [-0.4, -0.2) is 27.6 Å². The molecule has 4 nitrogen and oxygen atoms in total. The van der Waals surface area contributed by atoms with Gasteiger partial charge >= 0.3 is 0 Å². The Balaban J connectivity index is 1.39. The standard InChI is InChI=1S/C18H18ClN3OS/c19-15-5-1-2-6-16(15)24-12-9-18(23)20-10-8-14-13-22-11-4-3-7-17(22)21-14/h1-7,11,13H,8-10,12H2,(H,20,23). The van der Waals surface area contributed by atoms with Crippen molar-refractivity contribution < 1.29 is 4.79 Å². The first-order valence-corrected chi connectivity index (χ1v) is 9.15. The Kier molecular flexibility index (Phi) is 5.77. The second-order valence-electron chi connectivity index (χ2n) is 5.33. The maximum atomic E-state index is 11.9. The number of carbonyl (C=O) groups excluding carboxylic acids is 1. The summed E-state index contributed by atoms with van der Waals surface area (Å²) in [6, 6.07) is 13.6. The van der Waals surface area contributed by atoms with E-state index >= 15 is 0 Å². The molecule has 0 radical (unpaired) electrons. The average molecular weight is 360 g/mol. The number of rotatable bonds is 7. The fourth-order valence-electron chi connectivity index (χ4n) is 2.34. The maximum absolute atomic E-state index is 11.9. The van der Waals surface area contributed by atoms with E-state index in [1.165, 1.54) is 0 Å². The molecule has 0 saturated heterocycles. The van der Waals surface area contributed by atoms with Crippen molar-refractivity contribution in [3.8, 4) is 0 Å². The number of nitrogens with zero attached hydrogens (tertiary/aromatic N) is 2. The molecular weight excluding hydrogens is 342 g/mol. The Morgan fingerprint density at radius 1 is 1.21 bits per heavy atom. The minimum absolute atomic E-state index is 0.0540. The molecule has 1 N–H and O–H groups in total. The average Bonchev–Trinajstić information content (AvgIpc) is 2.99. The number of imidazole rings is 1. The van der Waals surface area contributed by atoms with Crippen LogP contribution in [0.5, 0.6) is 0 Å². The lowest BCUT2D eigenvalue weighted by Crippen LogP contribution is -2.25. The summed E-state index contributed by atoms with van der Waals surface area (Å²) >= 11 is 7.69. The summed E-state index contributed by atoms with van der Waals surface area (Å²) in [6.45, 7) is 0.597.